The highest BCUT2D eigenvalue weighted by molar-refractivity contribution is 6.10. The highest BCUT2D eigenvalue weighted by Crippen LogP contribution is 2.02. The van der Waals surface area contributed by atoms with E-state index in [4.69, 9.17) is 5.73 Å². The zero-order chi connectivity index (χ0) is 10.0. The number of urea groups is 1. The second kappa shape index (κ2) is 3.53. The highest BCUT2D eigenvalue weighted by Gasteiger charge is 2.33. The van der Waals surface area contributed by atoms with E-state index in [-0.39, 0.29) is 6.54 Å². The monoisotopic (exact) mass is 185 g/mol. The first-order chi connectivity index (χ1) is 6.06. The summed E-state index contributed by atoms with van der Waals surface area (Å²) in [6.45, 7) is 1.52. The number of nitrogens with two attached hydrogens (primary N) is 1. The van der Waals surface area contributed by atoms with Gasteiger partial charge in [0.1, 0.15) is 6.54 Å². The van der Waals surface area contributed by atoms with Crippen LogP contribution < -0.4 is 11.1 Å². The summed E-state index contributed by atoms with van der Waals surface area (Å²) in [6, 6.07) is -1.39. The summed E-state index contributed by atoms with van der Waals surface area (Å²) in [5.74, 6) is -0.979. The van der Waals surface area contributed by atoms with Gasteiger partial charge in [-0.15, -0.1) is 0 Å². The third-order valence-electron chi connectivity index (χ3n) is 1.82. The smallest absolute Gasteiger partial charge is 0.320 e. The molecule has 0 aromatic rings. The Hall–Kier alpha value is -1.43. The van der Waals surface area contributed by atoms with Crippen molar-refractivity contribution in [1.82, 2.24) is 10.2 Å². The van der Waals surface area contributed by atoms with E-state index in [0.717, 1.165) is 4.90 Å². The van der Waals surface area contributed by atoms with Gasteiger partial charge in [-0.2, -0.15) is 0 Å². The van der Waals surface area contributed by atoms with Crippen LogP contribution in [0.5, 0.6) is 0 Å². The summed E-state index contributed by atoms with van der Waals surface area (Å²) < 4.78 is 0. The van der Waals surface area contributed by atoms with Gasteiger partial charge in [0.05, 0.1) is 6.04 Å². The van der Waals surface area contributed by atoms with Crippen molar-refractivity contribution in [3.05, 3.63) is 0 Å². The molecule has 0 unspecified atom stereocenters. The lowest BCUT2D eigenvalue weighted by Gasteiger charge is -2.14. The van der Waals surface area contributed by atoms with E-state index >= 15 is 0 Å². The van der Waals surface area contributed by atoms with Crippen LogP contribution in [0.4, 0.5) is 4.79 Å². The van der Waals surface area contributed by atoms with Crippen LogP contribution in [-0.2, 0) is 9.59 Å². The lowest BCUT2D eigenvalue weighted by atomic mass is 10.2. The Balaban J connectivity index is 2.67. The molecule has 1 saturated heterocycles. The first-order valence-corrected chi connectivity index (χ1v) is 3.97. The van der Waals surface area contributed by atoms with E-state index in [9.17, 15) is 14.4 Å². The Morgan fingerprint density at radius 1 is 1.69 bits per heavy atom. The van der Waals surface area contributed by atoms with Gasteiger partial charge in [-0.05, 0) is 6.42 Å². The number of nitrogens with zero attached hydrogens (tertiary/aromatic N) is 1. The average molecular weight is 185 g/mol. The first-order valence-electron chi connectivity index (χ1n) is 3.97. The van der Waals surface area contributed by atoms with Gasteiger partial charge in [-0.1, -0.05) is 6.92 Å². The van der Waals surface area contributed by atoms with Crippen LogP contribution in [0.15, 0.2) is 0 Å². The molecule has 0 aliphatic carbocycles. The highest BCUT2D eigenvalue weighted by atomic mass is 16.2. The summed E-state index contributed by atoms with van der Waals surface area (Å²) in [5, 5.41) is 2.00. The molecule has 1 heterocycles. The predicted octanol–water partition coefficient (Wildman–Crippen LogP) is -1.20. The van der Waals surface area contributed by atoms with Crippen LogP contribution in [0.2, 0.25) is 0 Å². The number of hydrogen-bond donors (Lipinski definition) is 2. The fraction of sp³-hybridized carbons (Fsp3) is 0.571. The minimum absolute atomic E-state index is 0.217. The number of imide groups is 2. The van der Waals surface area contributed by atoms with Crippen LogP contribution in [0.1, 0.15) is 13.3 Å². The molecule has 0 aromatic carbocycles. The van der Waals surface area contributed by atoms with Crippen LogP contribution in [0.25, 0.3) is 0 Å². The molecule has 3 N–H and O–H groups in total. The SMILES string of the molecule is CC[C@H](N)C(=O)N1CC(=O)NC1=O. The van der Waals surface area contributed by atoms with Gasteiger partial charge in [0.15, 0.2) is 0 Å². The standard InChI is InChI=1S/C7H11N3O3/c1-2-4(8)6(12)10-3-5(11)9-7(10)13/h4H,2-3,8H2,1H3,(H,9,11,13)/t4-/m0/s1. The van der Waals surface area contributed by atoms with E-state index in [0.29, 0.717) is 6.42 Å². The van der Waals surface area contributed by atoms with Crippen molar-refractivity contribution in [3.63, 3.8) is 0 Å². The van der Waals surface area contributed by atoms with Crippen molar-refractivity contribution in [2.75, 3.05) is 6.54 Å². The van der Waals surface area contributed by atoms with Gasteiger partial charge in [0.2, 0.25) is 11.8 Å². The topological polar surface area (TPSA) is 92.5 Å². The van der Waals surface area contributed by atoms with Crippen molar-refractivity contribution in [2.45, 2.75) is 19.4 Å². The second-order valence-corrected chi connectivity index (χ2v) is 2.79. The van der Waals surface area contributed by atoms with Crippen molar-refractivity contribution in [2.24, 2.45) is 5.73 Å². The maximum absolute atomic E-state index is 11.3. The fourth-order valence-corrected chi connectivity index (χ4v) is 0.994. The molecule has 0 spiro atoms. The zero-order valence-electron chi connectivity index (χ0n) is 7.24. The summed E-state index contributed by atoms with van der Waals surface area (Å²) in [5.41, 5.74) is 5.42. The normalized spacial score (nSPS) is 18.8. The quantitative estimate of drug-likeness (QED) is 0.528. The third kappa shape index (κ3) is 1.83. The Bertz CT molecular complexity index is 264. The molecule has 1 fully saturated rings. The minimum Gasteiger partial charge on any atom is -0.320 e. The van der Waals surface area contributed by atoms with Crippen molar-refractivity contribution in [1.29, 1.82) is 0 Å². The second-order valence-electron chi connectivity index (χ2n) is 2.79. The molecule has 0 saturated carbocycles. The molecule has 72 valence electrons. The Morgan fingerprint density at radius 2 is 2.31 bits per heavy atom. The molecular formula is C7H11N3O3. The molecule has 6 nitrogen and oxygen atoms in total. The lowest BCUT2D eigenvalue weighted by Crippen LogP contribution is -2.44. The number of amides is 4. The first kappa shape index (κ1) is 9.66. The van der Waals surface area contributed by atoms with Gasteiger partial charge in [-0.3, -0.25) is 19.8 Å². The van der Waals surface area contributed by atoms with E-state index in [1.165, 1.54) is 0 Å². The average Bonchev–Trinajstić information content (AvgIpc) is 2.42. The lowest BCUT2D eigenvalue weighted by molar-refractivity contribution is -0.131. The molecule has 0 radical (unpaired) electrons. The van der Waals surface area contributed by atoms with Gasteiger partial charge < -0.3 is 5.73 Å². The fourth-order valence-electron chi connectivity index (χ4n) is 0.994. The molecule has 1 aliphatic heterocycles. The third-order valence-corrected chi connectivity index (χ3v) is 1.82. The predicted molar refractivity (Wildman–Crippen MR) is 43.5 cm³/mol. The Morgan fingerprint density at radius 3 is 2.69 bits per heavy atom. The number of carbonyl (C=O) groups is 3. The molecular weight excluding hydrogens is 174 g/mol. The summed E-state index contributed by atoms with van der Waals surface area (Å²) in [4.78, 5) is 33.8. The van der Waals surface area contributed by atoms with Crippen molar-refractivity contribution < 1.29 is 14.4 Å². The van der Waals surface area contributed by atoms with E-state index in [1.54, 1.807) is 6.92 Å². The summed E-state index contributed by atoms with van der Waals surface area (Å²) in [7, 11) is 0. The zero-order valence-corrected chi connectivity index (χ0v) is 7.24. The van der Waals surface area contributed by atoms with Crippen molar-refractivity contribution in [3.8, 4) is 0 Å². The maximum Gasteiger partial charge on any atom is 0.331 e. The van der Waals surface area contributed by atoms with Gasteiger partial charge in [-0.25, -0.2) is 4.79 Å². The molecule has 6 heteroatoms. The van der Waals surface area contributed by atoms with Crippen LogP contribution in [0.3, 0.4) is 0 Å². The molecule has 13 heavy (non-hydrogen) atoms. The minimum atomic E-state index is -0.711. The molecule has 1 atom stereocenters. The van der Waals surface area contributed by atoms with Gasteiger partial charge in [0.25, 0.3) is 0 Å². The molecule has 1 aliphatic rings. The van der Waals surface area contributed by atoms with Crippen LogP contribution >= 0.6 is 0 Å². The largest absolute Gasteiger partial charge is 0.331 e. The molecule has 0 bridgehead atoms. The van der Waals surface area contributed by atoms with E-state index in [1.807, 2.05) is 5.32 Å². The number of carbonyl (C=O) groups excluding carboxylic acids is 3. The van der Waals surface area contributed by atoms with Gasteiger partial charge >= 0.3 is 6.03 Å². The Labute approximate surface area is 75.1 Å². The summed E-state index contributed by atoms with van der Waals surface area (Å²) in [6.07, 6.45) is 0.441. The number of hydrogen-bond acceptors (Lipinski definition) is 4. The van der Waals surface area contributed by atoms with Crippen LogP contribution in [-0.4, -0.2) is 35.3 Å². The summed E-state index contributed by atoms with van der Waals surface area (Å²) >= 11 is 0. The van der Waals surface area contributed by atoms with Gasteiger partial charge in [0, 0.05) is 0 Å². The maximum atomic E-state index is 11.3. The molecule has 0 aromatic heterocycles. The van der Waals surface area contributed by atoms with Crippen molar-refractivity contribution >= 4 is 17.8 Å². The van der Waals surface area contributed by atoms with E-state index in [2.05, 4.69) is 0 Å². The number of rotatable bonds is 2. The van der Waals surface area contributed by atoms with Crippen LogP contribution in [0, 0.1) is 0 Å². The number of nitrogens with one attached hydrogen (secondary N) is 1. The molecule has 4 amide bonds. The molecule has 1 rings (SSSR count). The van der Waals surface area contributed by atoms with E-state index < -0.39 is 23.9 Å². The Kier molecular flexibility index (Phi) is 2.62.